The fraction of sp³-hybridized carbons (Fsp3) is 0.627. The minimum absolute atomic E-state index is 0.0813. The number of unbranched alkanes of at least 4 members (excludes halogenated alkanes) is 18. The van der Waals surface area contributed by atoms with Gasteiger partial charge in [-0.05, 0) is 109 Å². The first-order chi connectivity index (χ1) is 31.6. The van der Waals surface area contributed by atoms with E-state index in [-0.39, 0.29) is 25.2 Å². The van der Waals surface area contributed by atoms with Gasteiger partial charge in [0.1, 0.15) is 6.61 Å². The van der Waals surface area contributed by atoms with Gasteiger partial charge < -0.3 is 14.6 Å². The molecule has 0 amide bonds. The second-order valence-corrected chi connectivity index (χ2v) is 16.9. The molecule has 0 rings (SSSR count). The Morgan fingerprint density at radius 1 is 0.375 bits per heavy atom. The molecule has 1 unspecified atom stereocenters. The monoisotopic (exact) mass is 885 g/mol. The standard InChI is InChI=1S/C59H96O5/c1-3-5-7-9-11-13-15-17-19-21-23-24-25-26-27-28-29-30-31-32-33-34-36-38-40-42-44-46-48-50-52-54-59(62)64-57(55-60)56-63-58(61)53-51-49-47-45-43-41-39-37-35-22-20-18-16-14-12-10-8-6-4-2/h5,7,11-14,17-20,23-24,26-27,29-30,32-33,36,38,57,60H,3-4,6,8-10,15-16,21-22,25,28,31,34-35,37,39-56H2,1-2H3/b7-5-,13-11-,14-12-,19-17-,20-18-,24-23-,27-26-,30-29-,33-32-,38-36-. The minimum atomic E-state index is -0.791. The maximum Gasteiger partial charge on any atom is 0.306 e. The SMILES string of the molecule is CC/C=C\C/C=C\C/C=C\C/C=C\C/C=C\C/C=C\C/C=C\C/C=C\CCCCCCCCC(=O)OC(CO)COC(=O)CCCCCCCCCCC/C=C\C/C=C\CCCCC. The molecule has 0 aliphatic rings. The van der Waals surface area contributed by atoms with Gasteiger partial charge in [-0.3, -0.25) is 9.59 Å². The molecule has 64 heavy (non-hydrogen) atoms. The minimum Gasteiger partial charge on any atom is -0.462 e. The van der Waals surface area contributed by atoms with Crippen molar-refractivity contribution in [3.05, 3.63) is 122 Å². The Kier molecular flexibility index (Phi) is 50.5. The number of aliphatic hydroxyl groups is 1. The summed E-state index contributed by atoms with van der Waals surface area (Å²) in [7, 11) is 0. The lowest BCUT2D eigenvalue weighted by Gasteiger charge is -2.15. The molecular weight excluding hydrogens is 789 g/mol. The van der Waals surface area contributed by atoms with E-state index in [0.717, 1.165) is 103 Å². The molecule has 0 fully saturated rings. The summed E-state index contributed by atoms with van der Waals surface area (Å²) in [5, 5.41) is 9.63. The van der Waals surface area contributed by atoms with Crippen molar-refractivity contribution in [1.82, 2.24) is 0 Å². The molecule has 5 nitrogen and oxygen atoms in total. The van der Waals surface area contributed by atoms with Crippen LogP contribution in [0.25, 0.3) is 0 Å². The number of rotatable bonds is 46. The maximum atomic E-state index is 12.3. The molecule has 0 aliphatic heterocycles. The van der Waals surface area contributed by atoms with Gasteiger partial charge in [-0.1, -0.05) is 219 Å². The Labute approximate surface area is 394 Å². The van der Waals surface area contributed by atoms with Crippen LogP contribution in [0.2, 0.25) is 0 Å². The summed E-state index contributed by atoms with van der Waals surface area (Å²) < 4.78 is 10.7. The fourth-order valence-electron chi connectivity index (χ4n) is 6.84. The average molecular weight is 885 g/mol. The molecule has 0 radical (unpaired) electrons. The molecule has 1 atom stereocenters. The molecule has 362 valence electrons. The second kappa shape index (κ2) is 53.6. The molecule has 0 aromatic rings. The van der Waals surface area contributed by atoms with Gasteiger partial charge in [0, 0.05) is 12.8 Å². The average Bonchev–Trinajstić information content (AvgIpc) is 3.30. The first-order valence-electron chi connectivity index (χ1n) is 26.1. The summed E-state index contributed by atoms with van der Waals surface area (Å²) in [6.07, 6.45) is 78.5. The molecular formula is C59H96O5. The molecule has 5 heteroatoms. The summed E-state index contributed by atoms with van der Waals surface area (Å²) >= 11 is 0. The first kappa shape index (κ1) is 60.3. The molecule has 1 N–H and O–H groups in total. The van der Waals surface area contributed by atoms with Crippen LogP contribution in [0.15, 0.2) is 122 Å². The number of hydrogen-bond donors (Lipinski definition) is 1. The molecule has 0 aromatic carbocycles. The number of aliphatic hydroxyl groups excluding tert-OH is 1. The van der Waals surface area contributed by atoms with Crippen molar-refractivity contribution in [2.75, 3.05) is 13.2 Å². The highest BCUT2D eigenvalue weighted by molar-refractivity contribution is 5.70. The third-order valence-electron chi connectivity index (χ3n) is 10.7. The van der Waals surface area contributed by atoms with Gasteiger partial charge in [-0.25, -0.2) is 0 Å². The van der Waals surface area contributed by atoms with Crippen LogP contribution in [0, 0.1) is 0 Å². The molecule has 0 aromatic heterocycles. The molecule has 0 saturated carbocycles. The summed E-state index contributed by atoms with van der Waals surface area (Å²) in [4.78, 5) is 24.5. The number of allylic oxidation sites excluding steroid dienone is 20. The van der Waals surface area contributed by atoms with Crippen LogP contribution in [-0.2, 0) is 19.1 Å². The van der Waals surface area contributed by atoms with Crippen molar-refractivity contribution in [2.45, 2.75) is 225 Å². The Balaban J connectivity index is 3.62. The van der Waals surface area contributed by atoms with Crippen molar-refractivity contribution in [3.8, 4) is 0 Å². The lowest BCUT2D eigenvalue weighted by molar-refractivity contribution is -0.161. The van der Waals surface area contributed by atoms with E-state index in [0.29, 0.717) is 12.8 Å². The Bertz CT molecular complexity index is 1320. The van der Waals surface area contributed by atoms with Gasteiger partial charge in [0.15, 0.2) is 6.10 Å². The third-order valence-corrected chi connectivity index (χ3v) is 10.7. The van der Waals surface area contributed by atoms with Gasteiger partial charge in [-0.15, -0.1) is 0 Å². The molecule has 0 heterocycles. The van der Waals surface area contributed by atoms with E-state index >= 15 is 0 Å². The van der Waals surface area contributed by atoms with Crippen LogP contribution in [0.1, 0.15) is 219 Å². The molecule has 0 saturated heterocycles. The van der Waals surface area contributed by atoms with Gasteiger partial charge in [0.25, 0.3) is 0 Å². The quantitative estimate of drug-likeness (QED) is 0.0375. The van der Waals surface area contributed by atoms with E-state index in [4.69, 9.17) is 9.47 Å². The van der Waals surface area contributed by atoms with Crippen LogP contribution in [-0.4, -0.2) is 36.4 Å². The number of carbonyl (C=O) groups excluding carboxylic acids is 2. The zero-order chi connectivity index (χ0) is 46.3. The van der Waals surface area contributed by atoms with Crippen LogP contribution in [0.5, 0.6) is 0 Å². The van der Waals surface area contributed by atoms with Crippen LogP contribution in [0.4, 0.5) is 0 Å². The summed E-state index contributed by atoms with van der Waals surface area (Å²) in [6, 6.07) is 0. The Hall–Kier alpha value is -3.70. The highest BCUT2D eigenvalue weighted by atomic mass is 16.6. The maximum absolute atomic E-state index is 12.3. The van der Waals surface area contributed by atoms with Crippen molar-refractivity contribution >= 4 is 11.9 Å². The largest absolute Gasteiger partial charge is 0.462 e. The zero-order valence-corrected chi connectivity index (χ0v) is 41.2. The first-order valence-corrected chi connectivity index (χ1v) is 26.1. The van der Waals surface area contributed by atoms with Gasteiger partial charge >= 0.3 is 11.9 Å². The molecule has 0 aliphatic carbocycles. The van der Waals surface area contributed by atoms with Crippen molar-refractivity contribution in [1.29, 1.82) is 0 Å². The predicted molar refractivity (Wildman–Crippen MR) is 278 cm³/mol. The number of hydrogen-bond acceptors (Lipinski definition) is 5. The van der Waals surface area contributed by atoms with E-state index in [9.17, 15) is 14.7 Å². The zero-order valence-electron chi connectivity index (χ0n) is 41.2. The third kappa shape index (κ3) is 50.9. The Morgan fingerprint density at radius 2 is 0.672 bits per heavy atom. The number of carbonyl (C=O) groups is 2. The van der Waals surface area contributed by atoms with E-state index in [1.54, 1.807) is 0 Å². The van der Waals surface area contributed by atoms with Crippen molar-refractivity contribution in [2.24, 2.45) is 0 Å². The van der Waals surface area contributed by atoms with Gasteiger partial charge in [0.2, 0.25) is 0 Å². The van der Waals surface area contributed by atoms with E-state index < -0.39 is 6.10 Å². The van der Waals surface area contributed by atoms with E-state index in [2.05, 4.69) is 135 Å². The van der Waals surface area contributed by atoms with Crippen LogP contribution >= 0.6 is 0 Å². The highest BCUT2D eigenvalue weighted by Crippen LogP contribution is 2.13. The van der Waals surface area contributed by atoms with E-state index in [1.165, 1.54) is 89.9 Å². The topological polar surface area (TPSA) is 72.8 Å². The number of esters is 2. The van der Waals surface area contributed by atoms with Crippen LogP contribution in [0.3, 0.4) is 0 Å². The second-order valence-electron chi connectivity index (χ2n) is 16.9. The Morgan fingerprint density at radius 3 is 1.02 bits per heavy atom. The molecule has 0 bridgehead atoms. The smallest absolute Gasteiger partial charge is 0.306 e. The van der Waals surface area contributed by atoms with E-state index in [1.807, 2.05) is 0 Å². The van der Waals surface area contributed by atoms with Gasteiger partial charge in [0.05, 0.1) is 6.61 Å². The highest BCUT2D eigenvalue weighted by Gasteiger charge is 2.16. The summed E-state index contributed by atoms with van der Waals surface area (Å²) in [5.74, 6) is -0.619. The van der Waals surface area contributed by atoms with Gasteiger partial charge in [-0.2, -0.15) is 0 Å². The van der Waals surface area contributed by atoms with Crippen LogP contribution < -0.4 is 0 Å². The lowest BCUT2D eigenvalue weighted by atomic mass is 10.1. The summed E-state index contributed by atoms with van der Waals surface area (Å²) in [5.41, 5.74) is 0. The molecule has 0 spiro atoms. The number of ether oxygens (including phenoxy) is 2. The normalized spacial score (nSPS) is 13.2. The van der Waals surface area contributed by atoms with Crippen molar-refractivity contribution in [3.63, 3.8) is 0 Å². The fourth-order valence-corrected chi connectivity index (χ4v) is 6.84. The predicted octanol–water partition coefficient (Wildman–Crippen LogP) is 17.5. The summed E-state index contributed by atoms with van der Waals surface area (Å²) in [6.45, 7) is 3.98. The van der Waals surface area contributed by atoms with Crippen molar-refractivity contribution < 1.29 is 24.2 Å². The lowest BCUT2D eigenvalue weighted by Crippen LogP contribution is -2.28.